The van der Waals surface area contributed by atoms with Crippen LogP contribution in [-0.2, 0) is 4.79 Å². The molecular weight excluding hydrogens is 314 g/mol. The molecule has 2 heterocycles. The summed E-state index contributed by atoms with van der Waals surface area (Å²) in [4.78, 5) is 12.1. The Morgan fingerprint density at radius 1 is 1.39 bits per heavy atom. The molecule has 6 nitrogen and oxygen atoms in total. The van der Waals surface area contributed by atoms with Crippen molar-refractivity contribution in [2.75, 3.05) is 5.75 Å². The van der Waals surface area contributed by atoms with Crippen molar-refractivity contribution >= 4 is 17.7 Å². The van der Waals surface area contributed by atoms with Gasteiger partial charge in [0.05, 0.1) is 12.0 Å². The van der Waals surface area contributed by atoms with Crippen LogP contribution in [0.4, 0.5) is 0 Å². The van der Waals surface area contributed by atoms with Crippen molar-refractivity contribution in [3.8, 4) is 11.7 Å². The van der Waals surface area contributed by atoms with Crippen LogP contribution in [0.1, 0.15) is 33.1 Å². The van der Waals surface area contributed by atoms with Crippen LogP contribution < -0.4 is 5.32 Å². The minimum Gasteiger partial charge on any atom is -0.459 e. The molecule has 7 heteroatoms. The monoisotopic (exact) mass is 335 g/mol. The predicted octanol–water partition coefficient (Wildman–Crippen LogP) is 3.36. The van der Waals surface area contributed by atoms with Gasteiger partial charge in [-0.2, -0.15) is 0 Å². The summed E-state index contributed by atoms with van der Waals surface area (Å²) in [7, 11) is 0. The maximum Gasteiger partial charge on any atom is 0.284 e. The van der Waals surface area contributed by atoms with E-state index in [0.29, 0.717) is 28.7 Å². The smallest absolute Gasteiger partial charge is 0.284 e. The number of thioether (sulfide) groups is 1. The van der Waals surface area contributed by atoms with Crippen LogP contribution in [0.25, 0.3) is 11.7 Å². The van der Waals surface area contributed by atoms with Gasteiger partial charge in [-0.05, 0) is 30.4 Å². The van der Waals surface area contributed by atoms with Gasteiger partial charge in [-0.15, -0.1) is 10.2 Å². The number of carbonyl (C=O) groups excluding carboxylic acids is 1. The quantitative estimate of drug-likeness (QED) is 0.844. The third-order valence-electron chi connectivity index (χ3n) is 4.52. The molecule has 1 aliphatic rings. The van der Waals surface area contributed by atoms with Gasteiger partial charge in [0.1, 0.15) is 0 Å². The summed E-state index contributed by atoms with van der Waals surface area (Å²) in [5.41, 5.74) is 0. The summed E-state index contributed by atoms with van der Waals surface area (Å²) in [5.74, 6) is 2.32. The second-order valence-corrected chi connectivity index (χ2v) is 7.01. The first-order valence-corrected chi connectivity index (χ1v) is 8.91. The van der Waals surface area contributed by atoms with E-state index in [4.69, 9.17) is 8.83 Å². The van der Waals surface area contributed by atoms with Crippen molar-refractivity contribution < 1.29 is 13.6 Å². The lowest BCUT2D eigenvalue weighted by Crippen LogP contribution is -2.44. The molecule has 2 aromatic heterocycles. The van der Waals surface area contributed by atoms with Crippen LogP contribution in [0, 0.1) is 11.8 Å². The number of nitrogens with one attached hydrogen (secondary N) is 1. The first-order valence-electron chi connectivity index (χ1n) is 7.93. The van der Waals surface area contributed by atoms with Crippen LogP contribution in [0.15, 0.2) is 32.5 Å². The van der Waals surface area contributed by atoms with Gasteiger partial charge in [-0.25, -0.2) is 0 Å². The van der Waals surface area contributed by atoms with E-state index < -0.39 is 0 Å². The average Bonchev–Trinajstić information content (AvgIpc) is 3.20. The Balaban J connectivity index is 1.49. The zero-order valence-corrected chi connectivity index (χ0v) is 14.1. The molecule has 0 aliphatic heterocycles. The lowest BCUT2D eigenvalue weighted by Gasteiger charge is -2.34. The highest BCUT2D eigenvalue weighted by atomic mass is 32.2. The molecule has 3 rings (SSSR count). The van der Waals surface area contributed by atoms with Crippen molar-refractivity contribution in [1.29, 1.82) is 0 Å². The minimum absolute atomic E-state index is 0.0127. The van der Waals surface area contributed by atoms with Crippen LogP contribution in [-0.4, -0.2) is 27.9 Å². The van der Waals surface area contributed by atoms with E-state index in [1.54, 1.807) is 18.4 Å². The summed E-state index contributed by atoms with van der Waals surface area (Å²) < 4.78 is 10.7. The van der Waals surface area contributed by atoms with Crippen molar-refractivity contribution in [3.63, 3.8) is 0 Å². The molecule has 0 bridgehead atoms. The minimum atomic E-state index is 0.0127. The summed E-state index contributed by atoms with van der Waals surface area (Å²) in [6.45, 7) is 4.47. The van der Waals surface area contributed by atoms with Crippen molar-refractivity contribution in [2.24, 2.45) is 11.8 Å². The number of aromatic nitrogens is 2. The molecule has 3 atom stereocenters. The number of hydrogen-bond donors (Lipinski definition) is 1. The van der Waals surface area contributed by atoms with E-state index in [1.807, 2.05) is 0 Å². The Kier molecular flexibility index (Phi) is 5.05. The first-order chi connectivity index (χ1) is 11.1. The summed E-state index contributed by atoms with van der Waals surface area (Å²) >= 11 is 1.24. The largest absolute Gasteiger partial charge is 0.459 e. The number of furan rings is 1. The fourth-order valence-electron chi connectivity index (χ4n) is 2.93. The van der Waals surface area contributed by atoms with Gasteiger partial charge in [-0.1, -0.05) is 38.5 Å². The molecule has 23 heavy (non-hydrogen) atoms. The second-order valence-electron chi connectivity index (χ2n) is 6.08. The van der Waals surface area contributed by atoms with E-state index in [9.17, 15) is 4.79 Å². The summed E-state index contributed by atoms with van der Waals surface area (Å²) in [6, 6.07) is 3.78. The highest BCUT2D eigenvalue weighted by molar-refractivity contribution is 7.99. The lowest BCUT2D eigenvalue weighted by molar-refractivity contribution is -0.120. The fraction of sp³-hybridized carbons (Fsp3) is 0.562. The molecule has 0 aromatic carbocycles. The molecule has 1 amide bonds. The van der Waals surface area contributed by atoms with E-state index in [2.05, 4.69) is 29.4 Å². The maximum atomic E-state index is 12.1. The van der Waals surface area contributed by atoms with Gasteiger partial charge in [0.15, 0.2) is 5.76 Å². The molecule has 2 aromatic rings. The molecule has 3 unspecified atom stereocenters. The van der Waals surface area contributed by atoms with Crippen LogP contribution in [0.2, 0.25) is 0 Å². The average molecular weight is 335 g/mol. The Morgan fingerprint density at radius 2 is 2.26 bits per heavy atom. The van der Waals surface area contributed by atoms with E-state index in [1.165, 1.54) is 24.6 Å². The third-order valence-corrected chi connectivity index (χ3v) is 5.34. The molecular formula is C16H21N3O3S. The van der Waals surface area contributed by atoms with E-state index in [-0.39, 0.29) is 17.7 Å². The second kappa shape index (κ2) is 7.21. The molecule has 1 N–H and O–H groups in total. The molecule has 1 fully saturated rings. The molecule has 0 radical (unpaired) electrons. The Bertz CT molecular complexity index is 641. The molecule has 1 aliphatic carbocycles. The summed E-state index contributed by atoms with van der Waals surface area (Å²) in [5, 5.41) is 11.3. The highest BCUT2D eigenvalue weighted by Gasteiger charge is 2.28. The molecule has 1 saturated carbocycles. The number of rotatable bonds is 5. The normalized spacial score (nSPS) is 24.5. The SMILES string of the molecule is CC1CCCC(NC(=O)CSc2nnc(-c3ccco3)o2)C1C. The van der Waals surface area contributed by atoms with Gasteiger partial charge in [0.2, 0.25) is 5.91 Å². The number of nitrogens with zero attached hydrogens (tertiary/aromatic N) is 2. The molecule has 124 valence electrons. The van der Waals surface area contributed by atoms with Crippen LogP contribution in [0.3, 0.4) is 0 Å². The van der Waals surface area contributed by atoms with Crippen molar-refractivity contribution in [2.45, 2.75) is 44.4 Å². The van der Waals surface area contributed by atoms with Gasteiger partial charge < -0.3 is 14.2 Å². The van der Waals surface area contributed by atoms with E-state index >= 15 is 0 Å². The maximum absolute atomic E-state index is 12.1. The zero-order chi connectivity index (χ0) is 16.2. The van der Waals surface area contributed by atoms with Crippen molar-refractivity contribution in [1.82, 2.24) is 15.5 Å². The Labute approximate surface area is 139 Å². The van der Waals surface area contributed by atoms with Crippen LogP contribution >= 0.6 is 11.8 Å². The number of carbonyl (C=O) groups is 1. The Hall–Kier alpha value is -1.76. The van der Waals surface area contributed by atoms with Gasteiger partial charge in [-0.3, -0.25) is 4.79 Å². The Morgan fingerprint density at radius 3 is 3.04 bits per heavy atom. The van der Waals surface area contributed by atoms with Crippen molar-refractivity contribution in [3.05, 3.63) is 18.4 Å². The van der Waals surface area contributed by atoms with Gasteiger partial charge in [0.25, 0.3) is 11.1 Å². The standard InChI is InChI=1S/C16H21N3O3S/c1-10-5-3-6-12(11(10)2)17-14(20)9-23-16-19-18-15(22-16)13-7-4-8-21-13/h4,7-8,10-12H,3,5-6,9H2,1-2H3,(H,17,20). The lowest BCUT2D eigenvalue weighted by atomic mass is 9.78. The fourth-order valence-corrected chi connectivity index (χ4v) is 3.50. The van der Waals surface area contributed by atoms with Gasteiger partial charge in [0, 0.05) is 6.04 Å². The molecule has 0 saturated heterocycles. The zero-order valence-electron chi connectivity index (χ0n) is 13.3. The van der Waals surface area contributed by atoms with Crippen LogP contribution in [0.5, 0.6) is 0 Å². The number of amides is 1. The molecule has 0 spiro atoms. The van der Waals surface area contributed by atoms with E-state index in [0.717, 1.165) is 6.42 Å². The predicted molar refractivity (Wildman–Crippen MR) is 86.8 cm³/mol. The summed E-state index contributed by atoms with van der Waals surface area (Å²) in [6.07, 6.45) is 5.04. The number of hydrogen-bond acceptors (Lipinski definition) is 6. The van der Waals surface area contributed by atoms with Gasteiger partial charge >= 0.3 is 0 Å². The third kappa shape index (κ3) is 3.96. The topological polar surface area (TPSA) is 81.2 Å². The first kappa shape index (κ1) is 16.1. The highest BCUT2D eigenvalue weighted by Crippen LogP contribution is 2.29.